The van der Waals surface area contributed by atoms with Crippen LogP contribution in [0.1, 0.15) is 0 Å². The minimum absolute atomic E-state index is 1.80. The second-order valence-electron chi connectivity index (χ2n) is 3.64. The largest absolute Gasteiger partial charge is 0.460 e. The van der Waals surface area contributed by atoms with E-state index in [0.29, 0.717) is 0 Å². The van der Waals surface area contributed by atoms with E-state index in [1.165, 1.54) is 0 Å². The van der Waals surface area contributed by atoms with Crippen LogP contribution in [0.5, 0.6) is 0 Å². The molecule has 1 unspecified atom stereocenters. The van der Waals surface area contributed by atoms with Gasteiger partial charge in [-0.2, -0.15) is 43.9 Å². The summed E-state index contributed by atoms with van der Waals surface area (Å²) in [6, 6.07) is 0. The van der Waals surface area contributed by atoms with Crippen molar-refractivity contribution in [2.75, 3.05) is 0 Å². The van der Waals surface area contributed by atoms with Crippen molar-refractivity contribution < 1.29 is 66.9 Å². The van der Waals surface area contributed by atoms with Gasteiger partial charge in [-0.1, -0.05) is 0 Å². The Balaban J connectivity index is 6.22. The van der Waals surface area contributed by atoms with E-state index in [1.807, 2.05) is 0 Å². The van der Waals surface area contributed by atoms with Gasteiger partial charge in [-0.25, -0.2) is 18.5 Å². The number of allylic oxidation sites excluding steroid dienone is 1. The molecule has 0 aromatic heterocycles. The van der Waals surface area contributed by atoms with Gasteiger partial charge in [-0.15, -0.1) is 0 Å². The molecule has 0 radical (unpaired) electrons. The highest BCUT2D eigenvalue weighted by atomic mass is 19.4. The van der Waals surface area contributed by atoms with Gasteiger partial charge in [0.05, 0.1) is 0 Å². The summed E-state index contributed by atoms with van der Waals surface area (Å²) in [6.45, 7) is 0. The fourth-order valence-corrected chi connectivity index (χ4v) is 1.02. The lowest BCUT2D eigenvalue weighted by atomic mass is 10.0. The number of rotatable bonds is 4. The Morgan fingerprint density at radius 3 is 1.52 bits per heavy atom. The molecule has 0 aromatic rings. The van der Waals surface area contributed by atoms with Gasteiger partial charge in [0.25, 0.3) is 0 Å². The Morgan fingerprint density at radius 1 is 0.870 bits per heavy atom. The lowest BCUT2D eigenvalue weighted by Gasteiger charge is -2.30. The van der Waals surface area contributed by atoms with E-state index < -0.39 is 47.7 Å². The summed E-state index contributed by atoms with van der Waals surface area (Å²) in [6.07, 6.45) is -19.2. The number of hydrogen-bond donors (Lipinski definition) is 0. The number of hydrogen-bond acceptors (Lipinski definition) is 2. The van der Waals surface area contributed by atoms with Crippen molar-refractivity contribution in [3.05, 3.63) is 11.4 Å². The summed E-state index contributed by atoms with van der Waals surface area (Å²) in [5, 5.41) is 0. The van der Waals surface area contributed by atoms with E-state index in [9.17, 15) is 62.0 Å². The third-order valence-corrected chi connectivity index (χ3v) is 2.11. The number of carbonyl (C=O) groups excluding carboxylic acids is 1. The maximum atomic E-state index is 12.9. The molecule has 1 atom stereocenters. The summed E-state index contributed by atoms with van der Waals surface area (Å²) in [7, 11) is 0. The molecule has 0 rings (SSSR count). The fourth-order valence-electron chi connectivity index (χ4n) is 1.02. The molecule has 0 heterocycles. The first-order valence-electron chi connectivity index (χ1n) is 4.69. The molecule has 0 amide bonds. The maximum absolute atomic E-state index is 12.9. The number of carbonyl (C=O) groups is 1. The van der Waals surface area contributed by atoms with Crippen LogP contribution in [-0.2, 0) is 9.74 Å². The molecule has 2 nitrogen and oxygen atoms in total. The van der Waals surface area contributed by atoms with Crippen molar-refractivity contribution >= 4 is 5.97 Å². The van der Waals surface area contributed by atoms with Crippen molar-refractivity contribution in [1.29, 1.82) is 0 Å². The Labute approximate surface area is 116 Å². The molecule has 0 N–H and O–H groups in total. The van der Waals surface area contributed by atoms with Crippen LogP contribution in [0.3, 0.4) is 0 Å². The van der Waals surface area contributed by atoms with Crippen LogP contribution in [0.25, 0.3) is 0 Å². The Hall–Kier alpha value is -1.70. The molecule has 136 valence electrons. The smallest absolute Gasteiger partial charge is 0.249 e. The van der Waals surface area contributed by atoms with E-state index >= 15 is 0 Å². The SMILES string of the molecule is O=C(OF)C(=C(F)C(F)C(F)(F)C(F)(F)C(F)(F)F)C(F)(F)F. The predicted molar refractivity (Wildman–Crippen MR) is 42.2 cm³/mol. The van der Waals surface area contributed by atoms with Gasteiger partial charge in [-0.3, -0.25) is 0 Å². The van der Waals surface area contributed by atoms with Gasteiger partial charge >= 0.3 is 30.2 Å². The van der Waals surface area contributed by atoms with Crippen LogP contribution in [0.4, 0.5) is 57.2 Å². The minimum atomic E-state index is -7.31. The molecule has 0 saturated heterocycles. The highest BCUT2D eigenvalue weighted by Gasteiger charge is 2.77. The molecule has 0 aromatic carbocycles. The molecule has 0 bridgehead atoms. The van der Waals surface area contributed by atoms with Gasteiger partial charge in [0.1, 0.15) is 0 Å². The van der Waals surface area contributed by atoms with Gasteiger partial charge in [-0.05, 0) is 0 Å². The summed E-state index contributed by atoms with van der Waals surface area (Å²) in [4.78, 5) is 12.0. The maximum Gasteiger partial charge on any atom is 0.460 e. The quantitative estimate of drug-likeness (QED) is 0.538. The third-order valence-electron chi connectivity index (χ3n) is 2.11. The molecule has 0 aliphatic heterocycles. The zero-order valence-electron chi connectivity index (χ0n) is 9.81. The second-order valence-corrected chi connectivity index (χ2v) is 3.64. The van der Waals surface area contributed by atoms with Crippen LogP contribution in [-0.4, -0.2) is 36.3 Å². The lowest BCUT2D eigenvalue weighted by Crippen LogP contribution is -2.57. The zero-order chi connectivity index (χ0) is 19.0. The van der Waals surface area contributed by atoms with E-state index in [0.717, 1.165) is 0 Å². The van der Waals surface area contributed by atoms with E-state index in [-0.39, 0.29) is 0 Å². The van der Waals surface area contributed by atoms with Gasteiger partial charge < -0.3 is 0 Å². The Bertz CT molecular complexity index is 485. The third kappa shape index (κ3) is 3.80. The van der Waals surface area contributed by atoms with Crippen LogP contribution in [0.2, 0.25) is 0 Å². The highest BCUT2D eigenvalue weighted by Crippen LogP contribution is 2.51. The van der Waals surface area contributed by atoms with Crippen molar-refractivity contribution in [3.63, 3.8) is 0 Å². The van der Waals surface area contributed by atoms with Crippen LogP contribution in [0.15, 0.2) is 11.4 Å². The Morgan fingerprint density at radius 2 is 1.26 bits per heavy atom. The molecule has 0 fully saturated rings. The predicted octanol–water partition coefficient (Wildman–Crippen LogP) is 4.37. The molecular weight excluding hydrogens is 375 g/mol. The van der Waals surface area contributed by atoms with Crippen molar-refractivity contribution in [2.24, 2.45) is 0 Å². The van der Waals surface area contributed by atoms with Crippen LogP contribution in [0, 0.1) is 0 Å². The summed E-state index contributed by atoms with van der Waals surface area (Å²) in [5.41, 5.74) is -3.79. The minimum Gasteiger partial charge on any atom is -0.249 e. The van der Waals surface area contributed by atoms with E-state index in [1.54, 1.807) is 4.94 Å². The van der Waals surface area contributed by atoms with Crippen molar-refractivity contribution in [1.82, 2.24) is 0 Å². The van der Waals surface area contributed by atoms with E-state index in [2.05, 4.69) is 0 Å². The second kappa shape index (κ2) is 6.07. The molecule has 0 aliphatic carbocycles. The van der Waals surface area contributed by atoms with Crippen molar-refractivity contribution in [2.45, 2.75) is 30.4 Å². The molecule has 23 heavy (non-hydrogen) atoms. The first kappa shape index (κ1) is 21.3. The summed E-state index contributed by atoms with van der Waals surface area (Å²) < 4.78 is 159. The average molecular weight is 376 g/mol. The summed E-state index contributed by atoms with van der Waals surface area (Å²) in [5.74, 6) is -22.0. The normalized spacial score (nSPS) is 16.7. The Kier molecular flexibility index (Phi) is 5.62. The summed E-state index contributed by atoms with van der Waals surface area (Å²) >= 11 is 0. The van der Waals surface area contributed by atoms with Crippen LogP contribution >= 0.6 is 0 Å². The zero-order valence-corrected chi connectivity index (χ0v) is 9.81. The highest BCUT2D eigenvalue weighted by molar-refractivity contribution is 5.90. The van der Waals surface area contributed by atoms with Gasteiger partial charge in [0.15, 0.2) is 11.4 Å². The van der Waals surface area contributed by atoms with Gasteiger partial charge in [0, 0.05) is 4.53 Å². The molecule has 0 aliphatic rings. The van der Waals surface area contributed by atoms with Gasteiger partial charge in [0.2, 0.25) is 6.17 Å². The van der Waals surface area contributed by atoms with Crippen LogP contribution < -0.4 is 0 Å². The molecular formula is C8HF13O2. The fraction of sp³-hybridized carbons (Fsp3) is 0.625. The monoisotopic (exact) mass is 376 g/mol. The molecule has 0 saturated carbocycles. The number of alkyl halides is 11. The molecule has 0 spiro atoms. The standard InChI is InChI=1S/C8HF13O2/c9-2(1(4(22)23-21)6(13,14)15)3(10)5(11,12)7(16,17)8(18,19)20/h3H. The lowest BCUT2D eigenvalue weighted by molar-refractivity contribution is -0.364. The molecule has 15 heteroatoms. The van der Waals surface area contributed by atoms with Crippen molar-refractivity contribution in [3.8, 4) is 0 Å². The first-order chi connectivity index (χ1) is 9.92. The average Bonchev–Trinajstić information content (AvgIpc) is 2.34. The topological polar surface area (TPSA) is 26.3 Å². The van der Waals surface area contributed by atoms with E-state index in [4.69, 9.17) is 0 Å². The number of halogens is 13. The first-order valence-corrected chi connectivity index (χ1v) is 4.69.